The van der Waals surface area contributed by atoms with Crippen molar-refractivity contribution in [2.45, 2.75) is 13.0 Å². The van der Waals surface area contributed by atoms with Crippen LogP contribution in [0.15, 0.2) is 60.7 Å². The number of hydrogen-bond donors (Lipinski definition) is 0. The molecule has 1 heterocycles. The lowest BCUT2D eigenvalue weighted by molar-refractivity contribution is 0.0313. The largest absolute Gasteiger partial charge is 0.450 e. The number of carbonyl (C=O) groups excluding carboxylic acids is 2. The Morgan fingerprint density at radius 3 is 2.62 bits per heavy atom. The van der Waals surface area contributed by atoms with Gasteiger partial charge in [-0.15, -0.1) is 0 Å². The molecule has 3 rings (SSSR count). The molecule has 0 amide bonds. The zero-order chi connectivity index (χ0) is 17.1. The van der Waals surface area contributed by atoms with Crippen molar-refractivity contribution < 1.29 is 14.3 Å². The molecule has 0 fully saturated rings. The van der Waals surface area contributed by atoms with Gasteiger partial charge in [0.05, 0.1) is 5.52 Å². The molecule has 120 valence electrons. The molecule has 1 unspecified atom stereocenters. The van der Waals surface area contributed by atoms with E-state index in [0.29, 0.717) is 16.1 Å². The Morgan fingerprint density at radius 2 is 1.83 bits per heavy atom. The number of ether oxygens (including phenoxy) is 1. The molecule has 4 nitrogen and oxygen atoms in total. The lowest BCUT2D eigenvalue weighted by Crippen LogP contribution is -2.24. The molecule has 1 aromatic heterocycles. The lowest BCUT2D eigenvalue weighted by atomic mass is 10.1. The summed E-state index contributed by atoms with van der Waals surface area (Å²) in [4.78, 5) is 28.8. The third-order valence-corrected chi connectivity index (χ3v) is 3.80. The zero-order valence-corrected chi connectivity index (χ0v) is 13.7. The summed E-state index contributed by atoms with van der Waals surface area (Å²) in [6.45, 7) is 1.53. The summed E-state index contributed by atoms with van der Waals surface area (Å²) in [6.07, 6.45) is -0.927. The molecule has 0 aliphatic carbocycles. The van der Waals surface area contributed by atoms with Gasteiger partial charge in [-0.2, -0.15) is 0 Å². The van der Waals surface area contributed by atoms with Crippen LogP contribution in [0, 0.1) is 0 Å². The standard InChI is InChI=1S/C19H14ClNO3/c1-12(18(22)14-6-4-7-15(20)11-14)24-19(23)17-10-9-13-5-2-3-8-16(13)21-17/h2-12H,1H3. The van der Waals surface area contributed by atoms with E-state index >= 15 is 0 Å². The molecule has 3 aromatic rings. The minimum atomic E-state index is -0.927. The molecule has 0 aliphatic heterocycles. The average molecular weight is 340 g/mol. The molecule has 0 N–H and O–H groups in total. The highest BCUT2D eigenvalue weighted by molar-refractivity contribution is 6.31. The minimum absolute atomic E-state index is 0.166. The third kappa shape index (κ3) is 3.44. The Kier molecular flexibility index (Phi) is 4.58. The molecule has 24 heavy (non-hydrogen) atoms. The molecule has 0 bridgehead atoms. The van der Waals surface area contributed by atoms with Crippen molar-refractivity contribution in [3.63, 3.8) is 0 Å². The number of esters is 1. The van der Waals surface area contributed by atoms with Crippen molar-refractivity contribution in [2.24, 2.45) is 0 Å². The number of ketones is 1. The first-order valence-electron chi connectivity index (χ1n) is 7.41. The fourth-order valence-electron chi connectivity index (χ4n) is 2.33. The summed E-state index contributed by atoms with van der Waals surface area (Å²) in [5, 5.41) is 1.38. The van der Waals surface area contributed by atoms with Gasteiger partial charge in [0, 0.05) is 16.0 Å². The Morgan fingerprint density at radius 1 is 1.04 bits per heavy atom. The van der Waals surface area contributed by atoms with Crippen molar-refractivity contribution in [1.29, 1.82) is 0 Å². The number of fused-ring (bicyclic) bond motifs is 1. The maximum absolute atomic E-state index is 12.3. The second-order valence-corrected chi connectivity index (χ2v) is 5.75. The number of pyridine rings is 1. The van der Waals surface area contributed by atoms with Crippen LogP contribution in [0.5, 0.6) is 0 Å². The summed E-state index contributed by atoms with van der Waals surface area (Å²) >= 11 is 5.88. The number of rotatable bonds is 4. The SMILES string of the molecule is CC(OC(=O)c1ccc2ccccc2n1)C(=O)c1cccc(Cl)c1. The van der Waals surface area contributed by atoms with Crippen LogP contribution in [0.2, 0.25) is 5.02 Å². The van der Waals surface area contributed by atoms with Gasteiger partial charge in [-0.25, -0.2) is 9.78 Å². The summed E-state index contributed by atoms with van der Waals surface area (Å²) in [5.74, 6) is -0.949. The Labute approximate surface area is 144 Å². The number of Topliss-reactive ketones (excluding diaryl/α,β-unsaturated/α-hetero) is 1. The van der Waals surface area contributed by atoms with Gasteiger partial charge in [0.15, 0.2) is 6.10 Å². The van der Waals surface area contributed by atoms with Crippen LogP contribution < -0.4 is 0 Å². The molecule has 0 saturated carbocycles. The summed E-state index contributed by atoms with van der Waals surface area (Å²) in [7, 11) is 0. The maximum Gasteiger partial charge on any atom is 0.357 e. The molecular weight excluding hydrogens is 326 g/mol. The Balaban J connectivity index is 1.76. The number of nitrogens with zero attached hydrogens (tertiary/aromatic N) is 1. The van der Waals surface area contributed by atoms with Gasteiger partial charge in [-0.1, -0.05) is 48.0 Å². The number of carbonyl (C=O) groups is 2. The molecule has 0 saturated heterocycles. The van der Waals surface area contributed by atoms with E-state index in [-0.39, 0.29) is 11.5 Å². The van der Waals surface area contributed by atoms with E-state index in [1.807, 2.05) is 24.3 Å². The Hall–Kier alpha value is -2.72. The van der Waals surface area contributed by atoms with Crippen LogP contribution in [-0.2, 0) is 4.74 Å². The highest BCUT2D eigenvalue weighted by Gasteiger charge is 2.21. The van der Waals surface area contributed by atoms with Gasteiger partial charge in [0.25, 0.3) is 0 Å². The minimum Gasteiger partial charge on any atom is -0.450 e. The average Bonchev–Trinajstić information content (AvgIpc) is 2.60. The smallest absolute Gasteiger partial charge is 0.357 e. The van der Waals surface area contributed by atoms with E-state index in [1.54, 1.807) is 36.4 Å². The first-order valence-corrected chi connectivity index (χ1v) is 7.79. The first kappa shape index (κ1) is 16.1. The van der Waals surface area contributed by atoms with Gasteiger partial charge in [0.1, 0.15) is 5.69 Å². The highest BCUT2D eigenvalue weighted by atomic mass is 35.5. The summed E-state index contributed by atoms with van der Waals surface area (Å²) < 4.78 is 5.25. The van der Waals surface area contributed by atoms with Crippen molar-refractivity contribution in [3.8, 4) is 0 Å². The second kappa shape index (κ2) is 6.81. The first-order chi connectivity index (χ1) is 11.5. The van der Waals surface area contributed by atoms with Crippen LogP contribution in [0.4, 0.5) is 0 Å². The topological polar surface area (TPSA) is 56.3 Å². The number of hydrogen-bond acceptors (Lipinski definition) is 4. The van der Waals surface area contributed by atoms with Crippen LogP contribution in [0.3, 0.4) is 0 Å². The normalized spacial score (nSPS) is 11.9. The Bertz CT molecular complexity index is 923. The third-order valence-electron chi connectivity index (χ3n) is 3.57. The van der Waals surface area contributed by atoms with Crippen molar-refractivity contribution in [1.82, 2.24) is 4.98 Å². The quantitative estimate of drug-likeness (QED) is 0.525. The van der Waals surface area contributed by atoms with Crippen molar-refractivity contribution in [3.05, 3.63) is 76.9 Å². The molecule has 0 spiro atoms. The number of halogens is 1. The van der Waals surface area contributed by atoms with Crippen LogP contribution in [0.1, 0.15) is 27.8 Å². The molecule has 5 heteroatoms. The lowest BCUT2D eigenvalue weighted by Gasteiger charge is -2.12. The van der Waals surface area contributed by atoms with E-state index in [1.165, 1.54) is 6.92 Å². The fourth-order valence-corrected chi connectivity index (χ4v) is 2.52. The summed E-state index contributed by atoms with van der Waals surface area (Å²) in [6, 6.07) is 17.4. The number of para-hydroxylation sites is 1. The highest BCUT2D eigenvalue weighted by Crippen LogP contribution is 2.16. The van der Waals surface area contributed by atoms with Crippen molar-refractivity contribution >= 4 is 34.3 Å². The number of benzene rings is 2. The van der Waals surface area contributed by atoms with E-state index in [2.05, 4.69) is 4.98 Å². The van der Waals surface area contributed by atoms with Crippen LogP contribution in [0.25, 0.3) is 10.9 Å². The monoisotopic (exact) mass is 339 g/mol. The predicted molar refractivity (Wildman–Crippen MR) is 92.4 cm³/mol. The van der Waals surface area contributed by atoms with Gasteiger partial charge >= 0.3 is 5.97 Å². The molecule has 2 aromatic carbocycles. The van der Waals surface area contributed by atoms with Gasteiger partial charge in [0.2, 0.25) is 5.78 Å². The fraction of sp³-hybridized carbons (Fsp3) is 0.105. The van der Waals surface area contributed by atoms with Gasteiger partial charge in [-0.05, 0) is 31.2 Å². The van der Waals surface area contributed by atoms with E-state index in [4.69, 9.17) is 16.3 Å². The maximum atomic E-state index is 12.3. The summed E-state index contributed by atoms with van der Waals surface area (Å²) in [5.41, 5.74) is 1.26. The zero-order valence-electron chi connectivity index (χ0n) is 12.9. The van der Waals surface area contributed by atoms with Crippen LogP contribution in [-0.4, -0.2) is 22.8 Å². The molecule has 0 radical (unpaired) electrons. The van der Waals surface area contributed by atoms with E-state index in [0.717, 1.165) is 5.39 Å². The molecule has 0 aliphatic rings. The van der Waals surface area contributed by atoms with Gasteiger partial charge < -0.3 is 4.74 Å². The second-order valence-electron chi connectivity index (χ2n) is 5.31. The van der Waals surface area contributed by atoms with Gasteiger partial charge in [-0.3, -0.25) is 4.79 Å². The van der Waals surface area contributed by atoms with E-state index in [9.17, 15) is 9.59 Å². The van der Waals surface area contributed by atoms with E-state index < -0.39 is 12.1 Å². The number of aromatic nitrogens is 1. The molecular formula is C19H14ClNO3. The van der Waals surface area contributed by atoms with Crippen molar-refractivity contribution in [2.75, 3.05) is 0 Å². The predicted octanol–water partition coefficient (Wildman–Crippen LogP) is 4.32. The molecule has 1 atom stereocenters. The van der Waals surface area contributed by atoms with Crippen LogP contribution >= 0.6 is 11.6 Å².